The number of pyridine rings is 2. The number of rotatable bonds is 5. The quantitative estimate of drug-likeness (QED) is 0.554. The third kappa shape index (κ3) is 4.81. The van der Waals surface area contributed by atoms with Gasteiger partial charge >= 0.3 is 0 Å². The minimum absolute atomic E-state index is 0.124. The first-order chi connectivity index (χ1) is 16.5. The van der Waals surface area contributed by atoms with Gasteiger partial charge in [0.2, 0.25) is 0 Å². The Kier molecular flexibility index (Phi) is 6.21. The summed E-state index contributed by atoms with van der Waals surface area (Å²) in [7, 11) is -4.26. The maximum absolute atomic E-state index is 13.3. The number of amides is 1. The first kappa shape index (κ1) is 24.2. The molecule has 10 heteroatoms. The van der Waals surface area contributed by atoms with Gasteiger partial charge in [-0.2, -0.15) is 5.26 Å². The maximum atomic E-state index is 13.3. The highest BCUT2D eigenvalue weighted by Gasteiger charge is 2.39. The summed E-state index contributed by atoms with van der Waals surface area (Å²) in [6.07, 6.45) is 2.25. The van der Waals surface area contributed by atoms with Gasteiger partial charge in [0.05, 0.1) is 22.9 Å². The maximum Gasteiger partial charge on any atom is 0.268 e. The standard InChI is InChI=1S/C25H26N6O3S/c1-16-13-25(2,3)31(15-16)23-19(9-10-20(29-23)18-7-4-6-17(12-18)14-26)24(32)30-35(33,34)21-8-5-11-28-22(21)27/h4-12,16H,13,15H2,1-3H3,(H2,27,28)(H,30,32)/t16-/m0/s1. The lowest BCUT2D eigenvalue weighted by Crippen LogP contribution is -2.41. The van der Waals surface area contributed by atoms with Crippen LogP contribution >= 0.6 is 0 Å². The van der Waals surface area contributed by atoms with E-state index < -0.39 is 15.9 Å². The summed E-state index contributed by atoms with van der Waals surface area (Å²) in [5.41, 5.74) is 7.33. The number of nitriles is 1. The van der Waals surface area contributed by atoms with Gasteiger partial charge in [0.1, 0.15) is 16.5 Å². The number of hydrogen-bond acceptors (Lipinski definition) is 8. The lowest BCUT2D eigenvalue weighted by atomic mass is 9.97. The van der Waals surface area contributed by atoms with Gasteiger partial charge < -0.3 is 10.6 Å². The molecule has 3 heterocycles. The second kappa shape index (κ2) is 9.00. The van der Waals surface area contributed by atoms with Crippen LogP contribution < -0.4 is 15.4 Å². The SMILES string of the molecule is C[C@@H]1CN(c2nc(-c3cccc(C#N)c3)ccc2C(=O)NS(=O)(=O)c2cccnc2N)C(C)(C)C1. The highest BCUT2D eigenvalue weighted by atomic mass is 32.2. The van der Waals surface area contributed by atoms with Crippen molar-refractivity contribution < 1.29 is 13.2 Å². The predicted octanol–water partition coefficient (Wildman–Crippen LogP) is 3.34. The molecule has 0 radical (unpaired) electrons. The fourth-order valence-electron chi connectivity index (χ4n) is 4.56. The lowest BCUT2D eigenvalue weighted by Gasteiger charge is -2.34. The zero-order valence-electron chi connectivity index (χ0n) is 19.7. The number of nitrogens with zero attached hydrogens (tertiary/aromatic N) is 4. The molecule has 1 amide bonds. The molecule has 9 nitrogen and oxygen atoms in total. The van der Waals surface area contributed by atoms with Crippen LogP contribution in [0.15, 0.2) is 59.6 Å². The van der Waals surface area contributed by atoms with Crippen molar-refractivity contribution >= 4 is 27.6 Å². The summed E-state index contributed by atoms with van der Waals surface area (Å²) in [6, 6.07) is 15.1. The molecule has 1 aromatic carbocycles. The van der Waals surface area contributed by atoms with Crippen molar-refractivity contribution in [3.63, 3.8) is 0 Å². The second-order valence-electron chi connectivity index (χ2n) is 9.31. The Bertz CT molecular complexity index is 1450. The summed E-state index contributed by atoms with van der Waals surface area (Å²) in [6.45, 7) is 6.91. The second-order valence-corrected chi connectivity index (χ2v) is 11.0. The Balaban J connectivity index is 1.79. The molecule has 0 unspecified atom stereocenters. The molecule has 4 rings (SSSR count). The van der Waals surface area contributed by atoms with E-state index in [9.17, 15) is 18.5 Å². The van der Waals surface area contributed by atoms with Crippen molar-refractivity contribution in [2.24, 2.45) is 5.92 Å². The average Bonchev–Trinajstić information content (AvgIpc) is 3.10. The molecule has 0 saturated carbocycles. The number of carbonyl (C=O) groups is 1. The number of benzene rings is 1. The average molecular weight is 491 g/mol. The highest BCUT2D eigenvalue weighted by Crippen LogP contribution is 2.38. The summed E-state index contributed by atoms with van der Waals surface area (Å²) in [5, 5.41) is 9.27. The minimum Gasteiger partial charge on any atom is -0.383 e. The van der Waals surface area contributed by atoms with E-state index in [4.69, 9.17) is 10.7 Å². The van der Waals surface area contributed by atoms with Crippen LogP contribution in [0.1, 0.15) is 43.1 Å². The zero-order chi connectivity index (χ0) is 25.4. The molecule has 0 spiro atoms. The molecule has 1 saturated heterocycles. The Labute approximate surface area is 204 Å². The third-order valence-corrected chi connectivity index (χ3v) is 7.43. The lowest BCUT2D eigenvalue weighted by molar-refractivity contribution is 0.0981. The van der Waals surface area contributed by atoms with Crippen LogP contribution in [-0.4, -0.2) is 36.4 Å². The Morgan fingerprint density at radius 3 is 2.66 bits per heavy atom. The van der Waals surface area contributed by atoms with E-state index in [0.29, 0.717) is 29.5 Å². The minimum atomic E-state index is -4.26. The van der Waals surface area contributed by atoms with Crippen LogP contribution in [0.4, 0.5) is 11.6 Å². The van der Waals surface area contributed by atoms with Crippen molar-refractivity contribution in [3.05, 3.63) is 65.9 Å². The molecule has 1 fully saturated rings. The van der Waals surface area contributed by atoms with E-state index in [0.717, 1.165) is 12.0 Å². The van der Waals surface area contributed by atoms with E-state index in [1.54, 1.807) is 30.3 Å². The molecule has 1 atom stereocenters. The Morgan fingerprint density at radius 1 is 1.23 bits per heavy atom. The smallest absolute Gasteiger partial charge is 0.268 e. The van der Waals surface area contributed by atoms with Gasteiger partial charge in [-0.05, 0) is 62.6 Å². The molecule has 1 aliphatic heterocycles. The molecule has 0 aliphatic carbocycles. The number of aromatic nitrogens is 2. The fraction of sp³-hybridized carbons (Fsp3) is 0.280. The molecule has 3 aromatic rings. The van der Waals surface area contributed by atoms with E-state index >= 15 is 0 Å². The molecule has 1 aliphatic rings. The number of anilines is 2. The zero-order valence-corrected chi connectivity index (χ0v) is 20.5. The predicted molar refractivity (Wildman–Crippen MR) is 133 cm³/mol. The van der Waals surface area contributed by atoms with E-state index in [2.05, 4.69) is 36.5 Å². The van der Waals surface area contributed by atoms with Gasteiger partial charge in [0, 0.05) is 23.8 Å². The molecule has 180 valence electrons. The van der Waals surface area contributed by atoms with Crippen molar-refractivity contribution in [3.8, 4) is 17.3 Å². The Morgan fingerprint density at radius 2 is 2.00 bits per heavy atom. The van der Waals surface area contributed by atoms with E-state index in [1.165, 1.54) is 18.3 Å². The summed E-state index contributed by atoms with van der Waals surface area (Å²) >= 11 is 0. The van der Waals surface area contributed by atoms with Gasteiger partial charge in [-0.3, -0.25) is 4.79 Å². The monoisotopic (exact) mass is 490 g/mol. The van der Waals surface area contributed by atoms with Crippen LogP contribution in [-0.2, 0) is 10.0 Å². The van der Waals surface area contributed by atoms with Crippen molar-refractivity contribution in [2.45, 2.75) is 37.6 Å². The molecular formula is C25H26N6O3S. The molecule has 2 aromatic heterocycles. The number of nitrogen functional groups attached to an aromatic ring is 1. The van der Waals surface area contributed by atoms with Crippen LogP contribution in [0.5, 0.6) is 0 Å². The number of sulfonamides is 1. The van der Waals surface area contributed by atoms with Crippen molar-refractivity contribution in [1.29, 1.82) is 5.26 Å². The summed E-state index contributed by atoms with van der Waals surface area (Å²) in [5.74, 6) is -0.282. The number of nitrogens with one attached hydrogen (secondary N) is 1. The van der Waals surface area contributed by atoms with Crippen molar-refractivity contribution in [1.82, 2.24) is 14.7 Å². The summed E-state index contributed by atoms with van der Waals surface area (Å²) in [4.78, 5) is 23.7. The molecule has 0 bridgehead atoms. The van der Waals surface area contributed by atoms with Crippen LogP contribution in [0, 0.1) is 17.2 Å². The number of hydrogen-bond donors (Lipinski definition) is 2. The highest BCUT2D eigenvalue weighted by molar-refractivity contribution is 7.90. The normalized spacial score (nSPS) is 17.1. The van der Waals surface area contributed by atoms with Gasteiger partial charge in [-0.25, -0.2) is 23.1 Å². The first-order valence-electron chi connectivity index (χ1n) is 11.1. The van der Waals surface area contributed by atoms with Gasteiger partial charge in [0.15, 0.2) is 0 Å². The molecule has 35 heavy (non-hydrogen) atoms. The van der Waals surface area contributed by atoms with Gasteiger partial charge in [-0.15, -0.1) is 0 Å². The Hall–Kier alpha value is -3.97. The van der Waals surface area contributed by atoms with Crippen LogP contribution in [0.25, 0.3) is 11.3 Å². The largest absolute Gasteiger partial charge is 0.383 e. The number of carbonyl (C=O) groups excluding carboxylic acids is 1. The van der Waals surface area contributed by atoms with Gasteiger partial charge in [0.25, 0.3) is 15.9 Å². The topological polar surface area (TPSA) is 142 Å². The van der Waals surface area contributed by atoms with Crippen LogP contribution in [0.2, 0.25) is 0 Å². The van der Waals surface area contributed by atoms with Gasteiger partial charge in [-0.1, -0.05) is 19.1 Å². The first-order valence-corrected chi connectivity index (χ1v) is 12.6. The third-order valence-electron chi connectivity index (χ3n) is 6.05. The van der Waals surface area contributed by atoms with Crippen molar-refractivity contribution in [2.75, 3.05) is 17.2 Å². The molecule has 3 N–H and O–H groups in total. The van der Waals surface area contributed by atoms with Crippen LogP contribution in [0.3, 0.4) is 0 Å². The van der Waals surface area contributed by atoms with E-state index in [-0.39, 0.29) is 21.8 Å². The molecular weight excluding hydrogens is 464 g/mol. The fourth-order valence-corrected chi connectivity index (χ4v) is 5.61. The number of nitrogens with two attached hydrogens (primary N) is 1. The summed E-state index contributed by atoms with van der Waals surface area (Å²) < 4.78 is 27.9. The van der Waals surface area contributed by atoms with E-state index in [1.807, 2.05) is 11.0 Å².